The summed E-state index contributed by atoms with van der Waals surface area (Å²) in [6.45, 7) is 0. The van der Waals surface area contributed by atoms with E-state index in [1.54, 1.807) is 0 Å². The van der Waals surface area contributed by atoms with Crippen LogP contribution in [0.4, 0.5) is 8.78 Å². The van der Waals surface area contributed by atoms with Crippen molar-refractivity contribution in [2.24, 2.45) is 5.73 Å². The zero-order valence-electron chi connectivity index (χ0n) is 6.39. The fraction of sp³-hybridized carbons (Fsp3) is 0.857. The molecule has 0 fully saturated rings. The van der Waals surface area contributed by atoms with Gasteiger partial charge < -0.3 is 11.1 Å². The summed E-state index contributed by atoms with van der Waals surface area (Å²) in [5, 5.41) is 6.70. The highest BCUT2D eigenvalue weighted by atomic mass is 19.3. The average molecular weight is 164 g/mol. The van der Waals surface area contributed by atoms with Gasteiger partial charge in [0, 0.05) is 12.5 Å². The Morgan fingerprint density at radius 1 is 1.36 bits per heavy atom. The van der Waals surface area contributed by atoms with Crippen LogP contribution < -0.4 is 5.73 Å². The van der Waals surface area contributed by atoms with Gasteiger partial charge in [0.25, 0.3) is 0 Å². The van der Waals surface area contributed by atoms with Crippen molar-refractivity contribution in [2.45, 2.75) is 38.2 Å². The van der Waals surface area contributed by atoms with E-state index in [4.69, 9.17) is 11.1 Å². The van der Waals surface area contributed by atoms with Crippen LogP contribution in [0.3, 0.4) is 0 Å². The molecule has 0 radical (unpaired) electrons. The lowest BCUT2D eigenvalue weighted by Gasteiger charge is -2.06. The minimum absolute atomic E-state index is 0.0777. The van der Waals surface area contributed by atoms with Crippen molar-refractivity contribution >= 4 is 6.21 Å². The maximum Gasteiger partial charge on any atom is 0.238 e. The minimum Gasteiger partial charge on any atom is -0.327 e. The Morgan fingerprint density at radius 3 is 2.45 bits per heavy atom. The molecule has 0 saturated heterocycles. The second-order valence-electron chi connectivity index (χ2n) is 2.52. The standard InChI is InChI=1S/C7H14F2N2/c8-7(9)3-1-2-6(11)4-5-10/h5-7,10H,1-4,11H2. The van der Waals surface area contributed by atoms with Crippen molar-refractivity contribution in [3.05, 3.63) is 0 Å². The second kappa shape index (κ2) is 6.22. The smallest absolute Gasteiger partial charge is 0.238 e. The van der Waals surface area contributed by atoms with Gasteiger partial charge in [-0.25, -0.2) is 8.78 Å². The predicted molar refractivity (Wildman–Crippen MR) is 41.2 cm³/mol. The summed E-state index contributed by atoms with van der Waals surface area (Å²) >= 11 is 0. The lowest BCUT2D eigenvalue weighted by atomic mass is 10.1. The molecule has 0 aromatic heterocycles. The molecule has 3 N–H and O–H groups in total. The van der Waals surface area contributed by atoms with Crippen LogP contribution in [0.2, 0.25) is 0 Å². The van der Waals surface area contributed by atoms with Crippen LogP contribution in [0.15, 0.2) is 0 Å². The summed E-state index contributed by atoms with van der Waals surface area (Å²) < 4.78 is 23.2. The number of alkyl halides is 2. The Kier molecular flexibility index (Phi) is 5.93. The maximum atomic E-state index is 11.6. The molecular formula is C7H14F2N2. The van der Waals surface area contributed by atoms with E-state index in [-0.39, 0.29) is 12.5 Å². The van der Waals surface area contributed by atoms with Gasteiger partial charge in [-0.05, 0) is 25.5 Å². The quantitative estimate of drug-likeness (QED) is 0.578. The van der Waals surface area contributed by atoms with Gasteiger partial charge in [0.15, 0.2) is 0 Å². The third-order valence-corrected chi connectivity index (χ3v) is 1.42. The molecule has 0 bridgehead atoms. The molecule has 0 aliphatic rings. The predicted octanol–water partition coefficient (Wildman–Crippen LogP) is 1.79. The number of hydrogen-bond acceptors (Lipinski definition) is 2. The molecule has 11 heavy (non-hydrogen) atoms. The third kappa shape index (κ3) is 7.39. The summed E-state index contributed by atoms with van der Waals surface area (Å²) in [7, 11) is 0. The van der Waals surface area contributed by atoms with Crippen LogP contribution in [-0.4, -0.2) is 18.7 Å². The van der Waals surface area contributed by atoms with Gasteiger partial charge in [-0.15, -0.1) is 0 Å². The Balaban J connectivity index is 3.16. The molecule has 0 aliphatic heterocycles. The minimum atomic E-state index is -2.22. The van der Waals surface area contributed by atoms with Crippen molar-refractivity contribution in [1.82, 2.24) is 0 Å². The first-order valence-corrected chi connectivity index (χ1v) is 3.69. The summed E-state index contributed by atoms with van der Waals surface area (Å²) in [4.78, 5) is 0. The normalized spacial score (nSPS) is 13.5. The highest BCUT2D eigenvalue weighted by Gasteiger charge is 2.04. The number of rotatable bonds is 6. The summed E-state index contributed by atoms with van der Waals surface area (Å²) in [6, 6.07) is -0.119. The van der Waals surface area contributed by atoms with Crippen LogP contribution in [-0.2, 0) is 0 Å². The zero-order valence-corrected chi connectivity index (χ0v) is 6.39. The molecule has 0 amide bonds. The van der Waals surface area contributed by atoms with E-state index in [1.165, 1.54) is 6.21 Å². The van der Waals surface area contributed by atoms with Crippen molar-refractivity contribution in [1.29, 1.82) is 5.41 Å². The first kappa shape index (κ1) is 10.5. The molecule has 0 aromatic rings. The molecule has 0 aliphatic carbocycles. The Bertz CT molecular complexity index is 107. The topological polar surface area (TPSA) is 49.9 Å². The van der Waals surface area contributed by atoms with Crippen LogP contribution >= 0.6 is 0 Å². The van der Waals surface area contributed by atoms with E-state index in [0.717, 1.165) is 0 Å². The summed E-state index contributed by atoms with van der Waals surface area (Å²) in [5.74, 6) is 0. The fourth-order valence-electron chi connectivity index (χ4n) is 0.804. The molecule has 4 heteroatoms. The highest BCUT2D eigenvalue weighted by molar-refractivity contribution is 5.53. The molecule has 66 valence electrons. The SMILES string of the molecule is N=CCC(N)CCCC(F)F. The lowest BCUT2D eigenvalue weighted by Crippen LogP contribution is -2.20. The zero-order chi connectivity index (χ0) is 8.69. The van der Waals surface area contributed by atoms with Gasteiger partial charge in [0.1, 0.15) is 0 Å². The van der Waals surface area contributed by atoms with Crippen molar-refractivity contribution < 1.29 is 8.78 Å². The Morgan fingerprint density at radius 2 is 2.00 bits per heavy atom. The van der Waals surface area contributed by atoms with E-state index < -0.39 is 6.43 Å². The molecule has 0 aromatic carbocycles. The van der Waals surface area contributed by atoms with E-state index in [1.807, 2.05) is 0 Å². The molecule has 0 heterocycles. The van der Waals surface area contributed by atoms with Gasteiger partial charge >= 0.3 is 0 Å². The molecular weight excluding hydrogens is 150 g/mol. The second-order valence-corrected chi connectivity index (χ2v) is 2.52. The molecule has 2 nitrogen and oxygen atoms in total. The average Bonchev–Trinajstić information content (AvgIpc) is 1.87. The Labute approximate surface area is 65.3 Å². The van der Waals surface area contributed by atoms with E-state index in [9.17, 15) is 8.78 Å². The first-order chi connectivity index (χ1) is 5.16. The first-order valence-electron chi connectivity index (χ1n) is 3.69. The number of nitrogens with two attached hydrogens (primary N) is 1. The van der Waals surface area contributed by atoms with E-state index in [2.05, 4.69) is 0 Å². The van der Waals surface area contributed by atoms with E-state index in [0.29, 0.717) is 19.3 Å². The summed E-state index contributed by atoms with van der Waals surface area (Å²) in [6.07, 6.45) is 0.441. The van der Waals surface area contributed by atoms with Crippen LogP contribution in [0, 0.1) is 5.41 Å². The number of hydrogen-bond donors (Lipinski definition) is 2. The molecule has 0 rings (SSSR count). The molecule has 1 unspecified atom stereocenters. The van der Waals surface area contributed by atoms with Gasteiger partial charge in [0.2, 0.25) is 6.43 Å². The number of halogens is 2. The van der Waals surface area contributed by atoms with Crippen LogP contribution in [0.25, 0.3) is 0 Å². The van der Waals surface area contributed by atoms with Crippen molar-refractivity contribution in [2.75, 3.05) is 0 Å². The lowest BCUT2D eigenvalue weighted by molar-refractivity contribution is 0.133. The Hall–Kier alpha value is -0.510. The molecule has 0 spiro atoms. The maximum absolute atomic E-state index is 11.6. The van der Waals surface area contributed by atoms with Crippen LogP contribution in [0.5, 0.6) is 0 Å². The largest absolute Gasteiger partial charge is 0.327 e. The monoisotopic (exact) mass is 164 g/mol. The molecule has 0 saturated carbocycles. The van der Waals surface area contributed by atoms with Gasteiger partial charge in [0.05, 0.1) is 0 Å². The molecule has 1 atom stereocenters. The fourth-order valence-corrected chi connectivity index (χ4v) is 0.804. The highest BCUT2D eigenvalue weighted by Crippen LogP contribution is 2.07. The van der Waals surface area contributed by atoms with Gasteiger partial charge in [-0.3, -0.25) is 0 Å². The van der Waals surface area contributed by atoms with Crippen molar-refractivity contribution in [3.63, 3.8) is 0 Å². The number of nitrogens with one attached hydrogen (secondary N) is 1. The van der Waals surface area contributed by atoms with Gasteiger partial charge in [-0.2, -0.15) is 0 Å². The third-order valence-electron chi connectivity index (χ3n) is 1.42. The van der Waals surface area contributed by atoms with Crippen molar-refractivity contribution in [3.8, 4) is 0 Å². The van der Waals surface area contributed by atoms with E-state index >= 15 is 0 Å². The van der Waals surface area contributed by atoms with Gasteiger partial charge in [-0.1, -0.05) is 0 Å². The van der Waals surface area contributed by atoms with Crippen LogP contribution in [0.1, 0.15) is 25.7 Å². The summed E-state index contributed by atoms with van der Waals surface area (Å²) in [5.41, 5.74) is 5.47.